The molecule has 0 saturated carbocycles. The van der Waals surface area contributed by atoms with Crippen molar-refractivity contribution in [3.05, 3.63) is 58.1 Å². The van der Waals surface area contributed by atoms with E-state index in [1.165, 1.54) is 11.1 Å². The maximum absolute atomic E-state index is 6.09. The van der Waals surface area contributed by atoms with Crippen LogP contribution in [0.15, 0.2) is 36.4 Å². The summed E-state index contributed by atoms with van der Waals surface area (Å²) in [5.74, 6) is 0.923. The molecule has 20 heavy (non-hydrogen) atoms. The fraction of sp³-hybridized carbons (Fsp3) is 0.294. The van der Waals surface area contributed by atoms with E-state index in [-0.39, 0.29) is 0 Å². The van der Waals surface area contributed by atoms with Crippen LogP contribution < -0.4 is 10.1 Å². The van der Waals surface area contributed by atoms with Gasteiger partial charge in [-0.25, -0.2) is 0 Å². The lowest BCUT2D eigenvalue weighted by molar-refractivity contribution is 0.332. The van der Waals surface area contributed by atoms with Crippen LogP contribution in [0.2, 0.25) is 5.02 Å². The summed E-state index contributed by atoms with van der Waals surface area (Å²) in [4.78, 5) is 0. The van der Waals surface area contributed by atoms with E-state index in [4.69, 9.17) is 16.3 Å². The first-order chi connectivity index (χ1) is 9.56. The van der Waals surface area contributed by atoms with Crippen LogP contribution in [0.1, 0.15) is 16.7 Å². The standard InChI is InChI=1S/C17H20ClNO/c1-12-9-13(2)11-15(10-12)20-8-7-19-17-6-4-5-16(18)14(17)3/h4-6,9-11,19H,7-8H2,1-3H3. The minimum atomic E-state index is 0.620. The Balaban J connectivity index is 1.86. The smallest absolute Gasteiger partial charge is 0.119 e. The minimum Gasteiger partial charge on any atom is -0.492 e. The first-order valence-electron chi connectivity index (χ1n) is 6.76. The number of nitrogens with one attached hydrogen (secondary N) is 1. The topological polar surface area (TPSA) is 21.3 Å². The van der Waals surface area contributed by atoms with E-state index < -0.39 is 0 Å². The summed E-state index contributed by atoms with van der Waals surface area (Å²) in [5.41, 5.74) is 4.57. The van der Waals surface area contributed by atoms with Crippen molar-refractivity contribution in [2.24, 2.45) is 0 Å². The number of ether oxygens (including phenoxy) is 1. The molecule has 0 aliphatic carbocycles. The maximum Gasteiger partial charge on any atom is 0.119 e. The van der Waals surface area contributed by atoms with Crippen molar-refractivity contribution in [1.29, 1.82) is 0 Å². The first-order valence-corrected chi connectivity index (χ1v) is 7.14. The molecule has 106 valence electrons. The molecular weight excluding hydrogens is 270 g/mol. The molecule has 0 aromatic heterocycles. The van der Waals surface area contributed by atoms with Crippen LogP contribution in [0, 0.1) is 20.8 Å². The van der Waals surface area contributed by atoms with Gasteiger partial charge < -0.3 is 10.1 Å². The van der Waals surface area contributed by atoms with Crippen LogP contribution in [-0.4, -0.2) is 13.2 Å². The van der Waals surface area contributed by atoms with Crippen molar-refractivity contribution in [2.75, 3.05) is 18.5 Å². The molecule has 0 bridgehead atoms. The van der Waals surface area contributed by atoms with E-state index in [1.807, 2.05) is 25.1 Å². The Labute approximate surface area is 125 Å². The number of aryl methyl sites for hydroxylation is 2. The van der Waals surface area contributed by atoms with Gasteiger partial charge in [-0.05, 0) is 61.7 Å². The third-order valence-electron chi connectivity index (χ3n) is 3.15. The van der Waals surface area contributed by atoms with Gasteiger partial charge in [0.05, 0.1) is 0 Å². The second-order valence-corrected chi connectivity index (χ2v) is 5.42. The minimum absolute atomic E-state index is 0.620. The van der Waals surface area contributed by atoms with Crippen LogP contribution in [0.25, 0.3) is 0 Å². The number of benzene rings is 2. The highest BCUT2D eigenvalue weighted by Gasteiger charge is 2.01. The van der Waals surface area contributed by atoms with Crippen molar-refractivity contribution in [3.8, 4) is 5.75 Å². The van der Waals surface area contributed by atoms with E-state index in [2.05, 4.69) is 37.4 Å². The number of halogens is 1. The average Bonchev–Trinajstić information content (AvgIpc) is 2.38. The molecule has 1 N–H and O–H groups in total. The van der Waals surface area contributed by atoms with Gasteiger partial charge in [0.2, 0.25) is 0 Å². The summed E-state index contributed by atoms with van der Waals surface area (Å²) < 4.78 is 5.76. The van der Waals surface area contributed by atoms with E-state index in [0.29, 0.717) is 6.61 Å². The number of hydrogen-bond acceptors (Lipinski definition) is 2. The third-order valence-corrected chi connectivity index (χ3v) is 3.56. The predicted octanol–water partition coefficient (Wildman–Crippen LogP) is 4.76. The molecule has 2 nitrogen and oxygen atoms in total. The fourth-order valence-electron chi connectivity index (χ4n) is 2.17. The van der Waals surface area contributed by atoms with Crippen LogP contribution in [-0.2, 0) is 0 Å². The largest absolute Gasteiger partial charge is 0.492 e. The summed E-state index contributed by atoms with van der Waals surface area (Å²) in [6.45, 7) is 7.53. The van der Waals surface area contributed by atoms with Crippen molar-refractivity contribution >= 4 is 17.3 Å². The molecule has 3 heteroatoms. The molecule has 0 heterocycles. The van der Waals surface area contributed by atoms with E-state index in [1.54, 1.807) is 0 Å². The van der Waals surface area contributed by atoms with Crippen LogP contribution in [0.4, 0.5) is 5.69 Å². The Morgan fingerprint density at radius 2 is 1.75 bits per heavy atom. The lowest BCUT2D eigenvalue weighted by atomic mass is 10.1. The normalized spacial score (nSPS) is 10.4. The summed E-state index contributed by atoms with van der Waals surface area (Å²) in [5, 5.41) is 4.13. The number of anilines is 1. The second kappa shape index (κ2) is 6.67. The van der Waals surface area contributed by atoms with Gasteiger partial charge in [-0.2, -0.15) is 0 Å². The molecule has 2 rings (SSSR count). The predicted molar refractivity (Wildman–Crippen MR) is 86.1 cm³/mol. The van der Waals surface area contributed by atoms with Crippen molar-refractivity contribution in [3.63, 3.8) is 0 Å². The Bertz CT molecular complexity index is 575. The zero-order chi connectivity index (χ0) is 14.5. The van der Waals surface area contributed by atoms with Gasteiger partial charge in [-0.3, -0.25) is 0 Å². The Morgan fingerprint density at radius 3 is 2.45 bits per heavy atom. The van der Waals surface area contributed by atoms with Crippen LogP contribution in [0.3, 0.4) is 0 Å². The van der Waals surface area contributed by atoms with E-state index >= 15 is 0 Å². The Kier molecular flexibility index (Phi) is 4.91. The van der Waals surface area contributed by atoms with Crippen molar-refractivity contribution in [1.82, 2.24) is 0 Å². The molecule has 0 radical (unpaired) electrons. The van der Waals surface area contributed by atoms with Gasteiger partial charge in [-0.1, -0.05) is 23.7 Å². The molecule has 0 unspecified atom stereocenters. The van der Waals surface area contributed by atoms with Crippen molar-refractivity contribution in [2.45, 2.75) is 20.8 Å². The quantitative estimate of drug-likeness (QED) is 0.802. The number of hydrogen-bond donors (Lipinski definition) is 1. The molecule has 0 fully saturated rings. The molecule has 2 aromatic carbocycles. The van der Waals surface area contributed by atoms with E-state index in [0.717, 1.165) is 28.6 Å². The van der Waals surface area contributed by atoms with Crippen molar-refractivity contribution < 1.29 is 4.74 Å². The van der Waals surface area contributed by atoms with Gasteiger partial charge in [0.25, 0.3) is 0 Å². The SMILES string of the molecule is Cc1cc(C)cc(OCCNc2cccc(Cl)c2C)c1. The number of rotatable bonds is 5. The highest BCUT2D eigenvalue weighted by atomic mass is 35.5. The van der Waals surface area contributed by atoms with Crippen LogP contribution >= 0.6 is 11.6 Å². The lowest BCUT2D eigenvalue weighted by Crippen LogP contribution is -2.12. The summed E-state index contributed by atoms with van der Waals surface area (Å²) in [6, 6.07) is 12.1. The first kappa shape index (κ1) is 14.7. The second-order valence-electron chi connectivity index (χ2n) is 5.01. The van der Waals surface area contributed by atoms with Gasteiger partial charge in [0.15, 0.2) is 0 Å². The molecule has 0 aliphatic heterocycles. The lowest BCUT2D eigenvalue weighted by Gasteiger charge is -2.12. The van der Waals surface area contributed by atoms with Gasteiger partial charge in [0, 0.05) is 17.3 Å². The van der Waals surface area contributed by atoms with Gasteiger partial charge in [0.1, 0.15) is 12.4 Å². The molecular formula is C17H20ClNO. The fourth-order valence-corrected chi connectivity index (χ4v) is 2.34. The summed E-state index contributed by atoms with van der Waals surface area (Å²) in [6.07, 6.45) is 0. The Hall–Kier alpha value is -1.67. The highest BCUT2D eigenvalue weighted by molar-refractivity contribution is 6.31. The molecule has 0 saturated heterocycles. The van der Waals surface area contributed by atoms with E-state index in [9.17, 15) is 0 Å². The molecule has 0 aliphatic rings. The zero-order valence-electron chi connectivity index (χ0n) is 12.2. The molecule has 0 spiro atoms. The molecule has 0 amide bonds. The third kappa shape index (κ3) is 3.91. The zero-order valence-corrected chi connectivity index (χ0v) is 12.9. The summed E-state index contributed by atoms with van der Waals surface area (Å²) in [7, 11) is 0. The highest BCUT2D eigenvalue weighted by Crippen LogP contribution is 2.22. The molecule has 0 atom stereocenters. The molecule has 2 aromatic rings. The maximum atomic E-state index is 6.09. The average molecular weight is 290 g/mol. The summed E-state index contributed by atoms with van der Waals surface area (Å²) >= 11 is 6.09. The van der Waals surface area contributed by atoms with Crippen LogP contribution in [0.5, 0.6) is 5.75 Å². The Morgan fingerprint density at radius 1 is 1.05 bits per heavy atom. The van der Waals surface area contributed by atoms with Gasteiger partial charge >= 0.3 is 0 Å². The van der Waals surface area contributed by atoms with Gasteiger partial charge in [-0.15, -0.1) is 0 Å². The monoisotopic (exact) mass is 289 g/mol.